The summed E-state index contributed by atoms with van der Waals surface area (Å²) in [5.41, 5.74) is 2.93. The molecule has 2 heterocycles. The van der Waals surface area contributed by atoms with E-state index < -0.39 is 11.6 Å². The quantitative estimate of drug-likeness (QED) is 0.890. The summed E-state index contributed by atoms with van der Waals surface area (Å²) in [5.74, 6) is -1.18. The zero-order valence-corrected chi connectivity index (χ0v) is 12.2. The van der Waals surface area contributed by atoms with Crippen molar-refractivity contribution in [1.29, 1.82) is 0 Å². The van der Waals surface area contributed by atoms with E-state index in [1.165, 1.54) is 0 Å². The van der Waals surface area contributed by atoms with Crippen LogP contribution in [0.1, 0.15) is 24.5 Å². The van der Waals surface area contributed by atoms with E-state index in [9.17, 15) is 8.78 Å². The molecule has 1 atom stereocenters. The molecule has 2 aromatic rings. The van der Waals surface area contributed by atoms with Crippen LogP contribution in [0, 0.1) is 17.6 Å². The number of aromatic nitrogens is 1. The van der Waals surface area contributed by atoms with Crippen molar-refractivity contribution in [3.8, 4) is 0 Å². The smallest absolute Gasteiger partial charge is 0.153 e. The molecule has 22 heavy (non-hydrogen) atoms. The first-order chi connectivity index (χ1) is 10.6. The van der Waals surface area contributed by atoms with Crippen molar-refractivity contribution >= 4 is 11.3 Å². The minimum atomic E-state index is -0.682. The highest BCUT2D eigenvalue weighted by Gasteiger charge is 2.26. The molecule has 4 heteroatoms. The van der Waals surface area contributed by atoms with Crippen molar-refractivity contribution in [3.05, 3.63) is 77.8 Å². The Labute approximate surface area is 128 Å². The second-order valence-corrected chi connectivity index (χ2v) is 5.45. The standard InChI is InChI=1S/C18H16F2N2/c1-11-8-14(13-6-4-3-5-7-13)18(22-12(11)2)17-15(19)9-21-10-16(17)20/h3-7,9-11,22H,2,8H2,1H3. The molecule has 0 bridgehead atoms. The number of halogens is 2. The van der Waals surface area contributed by atoms with Gasteiger partial charge in [0.1, 0.15) is 0 Å². The molecule has 1 N–H and O–H groups in total. The number of hydrogen-bond donors (Lipinski definition) is 1. The summed E-state index contributed by atoms with van der Waals surface area (Å²) in [6.45, 7) is 5.99. The molecule has 0 fully saturated rings. The first-order valence-corrected chi connectivity index (χ1v) is 7.11. The van der Waals surface area contributed by atoms with Gasteiger partial charge in [0.25, 0.3) is 0 Å². The number of pyridine rings is 1. The minimum Gasteiger partial charge on any atom is -0.358 e. The molecule has 0 aliphatic carbocycles. The van der Waals surface area contributed by atoms with Crippen molar-refractivity contribution in [2.75, 3.05) is 0 Å². The minimum absolute atomic E-state index is 0.0816. The highest BCUT2D eigenvalue weighted by molar-refractivity contribution is 5.92. The molecule has 0 saturated carbocycles. The highest BCUT2D eigenvalue weighted by atomic mass is 19.1. The fraction of sp³-hybridized carbons (Fsp3) is 0.167. The fourth-order valence-corrected chi connectivity index (χ4v) is 2.66. The average Bonchev–Trinajstić information content (AvgIpc) is 2.51. The van der Waals surface area contributed by atoms with E-state index in [2.05, 4.69) is 16.9 Å². The zero-order valence-electron chi connectivity index (χ0n) is 12.2. The van der Waals surface area contributed by atoms with E-state index in [0.29, 0.717) is 12.1 Å². The van der Waals surface area contributed by atoms with Gasteiger partial charge in [-0.25, -0.2) is 8.78 Å². The molecule has 1 aliphatic rings. The Balaban J connectivity index is 2.24. The summed E-state index contributed by atoms with van der Waals surface area (Å²) in [5, 5.41) is 3.09. The van der Waals surface area contributed by atoms with Gasteiger partial charge in [-0.1, -0.05) is 43.8 Å². The molecule has 0 radical (unpaired) electrons. The second kappa shape index (κ2) is 5.72. The summed E-state index contributed by atoms with van der Waals surface area (Å²) >= 11 is 0. The lowest BCUT2D eigenvalue weighted by Crippen LogP contribution is -2.25. The molecular weight excluding hydrogens is 282 g/mol. The first-order valence-electron chi connectivity index (χ1n) is 7.11. The molecule has 1 aromatic heterocycles. The maximum Gasteiger partial charge on any atom is 0.153 e. The van der Waals surface area contributed by atoms with Crippen LogP contribution in [0.4, 0.5) is 8.78 Å². The number of nitrogens with one attached hydrogen (secondary N) is 1. The van der Waals surface area contributed by atoms with Gasteiger partial charge in [-0.2, -0.15) is 0 Å². The predicted octanol–water partition coefficient (Wildman–Crippen LogP) is 4.37. The van der Waals surface area contributed by atoms with Crippen LogP contribution in [-0.4, -0.2) is 4.98 Å². The summed E-state index contributed by atoms with van der Waals surface area (Å²) in [4.78, 5) is 3.55. The van der Waals surface area contributed by atoms with Gasteiger partial charge >= 0.3 is 0 Å². The Morgan fingerprint density at radius 1 is 1.14 bits per heavy atom. The SMILES string of the molecule is C=C1NC(c2c(F)cncc2F)=C(c2ccccc2)CC1C. The van der Waals surface area contributed by atoms with Crippen molar-refractivity contribution in [3.63, 3.8) is 0 Å². The van der Waals surface area contributed by atoms with Crippen LogP contribution in [0.15, 0.2) is 55.0 Å². The lowest BCUT2D eigenvalue weighted by atomic mass is 9.86. The Morgan fingerprint density at radius 3 is 2.41 bits per heavy atom. The van der Waals surface area contributed by atoms with Gasteiger partial charge < -0.3 is 5.32 Å². The zero-order chi connectivity index (χ0) is 15.7. The van der Waals surface area contributed by atoms with Crippen LogP contribution in [0.5, 0.6) is 0 Å². The second-order valence-electron chi connectivity index (χ2n) is 5.45. The number of nitrogens with zero attached hydrogens (tertiary/aromatic N) is 1. The van der Waals surface area contributed by atoms with Crippen LogP contribution in [0.25, 0.3) is 11.3 Å². The van der Waals surface area contributed by atoms with Crippen molar-refractivity contribution in [1.82, 2.24) is 10.3 Å². The van der Waals surface area contributed by atoms with Gasteiger partial charge in [-0.15, -0.1) is 0 Å². The molecule has 1 unspecified atom stereocenters. The van der Waals surface area contributed by atoms with E-state index in [-0.39, 0.29) is 11.5 Å². The number of benzene rings is 1. The Bertz CT molecular complexity index is 731. The van der Waals surface area contributed by atoms with Gasteiger partial charge in [-0.05, 0) is 23.5 Å². The van der Waals surface area contributed by atoms with Crippen LogP contribution >= 0.6 is 0 Å². The summed E-state index contributed by atoms with van der Waals surface area (Å²) < 4.78 is 28.3. The molecule has 2 nitrogen and oxygen atoms in total. The third-order valence-corrected chi connectivity index (χ3v) is 3.92. The lowest BCUT2D eigenvalue weighted by Gasteiger charge is -2.29. The summed E-state index contributed by atoms with van der Waals surface area (Å²) in [6, 6.07) is 9.61. The van der Waals surface area contributed by atoms with Crippen LogP contribution < -0.4 is 5.32 Å². The molecule has 0 amide bonds. The molecule has 1 aliphatic heterocycles. The third kappa shape index (κ3) is 2.52. The maximum absolute atomic E-state index is 14.1. The maximum atomic E-state index is 14.1. The topological polar surface area (TPSA) is 24.9 Å². The van der Waals surface area contributed by atoms with Crippen LogP contribution in [0.3, 0.4) is 0 Å². The van der Waals surface area contributed by atoms with Gasteiger partial charge in [0.15, 0.2) is 11.6 Å². The highest BCUT2D eigenvalue weighted by Crippen LogP contribution is 2.37. The molecule has 0 spiro atoms. The van der Waals surface area contributed by atoms with E-state index in [4.69, 9.17) is 0 Å². The predicted molar refractivity (Wildman–Crippen MR) is 83.5 cm³/mol. The lowest BCUT2D eigenvalue weighted by molar-refractivity contribution is 0.561. The van der Waals surface area contributed by atoms with Gasteiger partial charge in [0, 0.05) is 5.70 Å². The van der Waals surface area contributed by atoms with Crippen molar-refractivity contribution in [2.45, 2.75) is 13.3 Å². The molecule has 1 aromatic carbocycles. The number of rotatable bonds is 2. The number of hydrogen-bond acceptors (Lipinski definition) is 2. The monoisotopic (exact) mass is 298 g/mol. The Hall–Kier alpha value is -2.49. The molecule has 3 rings (SSSR count). The van der Waals surface area contributed by atoms with Crippen LogP contribution in [0.2, 0.25) is 0 Å². The van der Waals surface area contributed by atoms with E-state index in [1.807, 2.05) is 37.3 Å². The normalized spacial score (nSPS) is 18.3. The summed E-state index contributed by atoms with van der Waals surface area (Å²) in [7, 11) is 0. The van der Waals surface area contributed by atoms with Crippen molar-refractivity contribution in [2.24, 2.45) is 5.92 Å². The fourth-order valence-electron chi connectivity index (χ4n) is 2.66. The summed E-state index contributed by atoms with van der Waals surface area (Å²) in [6.07, 6.45) is 2.72. The third-order valence-electron chi connectivity index (χ3n) is 3.92. The largest absolute Gasteiger partial charge is 0.358 e. The molecule has 0 saturated heterocycles. The first kappa shape index (κ1) is 14.4. The van der Waals surface area contributed by atoms with E-state index in [0.717, 1.165) is 29.2 Å². The molecule has 112 valence electrons. The van der Waals surface area contributed by atoms with E-state index in [1.54, 1.807) is 0 Å². The van der Waals surface area contributed by atoms with Gasteiger partial charge in [-0.3, -0.25) is 4.98 Å². The Morgan fingerprint density at radius 2 is 1.77 bits per heavy atom. The number of allylic oxidation sites excluding steroid dienone is 2. The Kier molecular flexibility index (Phi) is 3.75. The van der Waals surface area contributed by atoms with Crippen molar-refractivity contribution < 1.29 is 8.78 Å². The van der Waals surface area contributed by atoms with E-state index >= 15 is 0 Å². The van der Waals surface area contributed by atoms with Gasteiger partial charge in [0.2, 0.25) is 0 Å². The average molecular weight is 298 g/mol. The molecular formula is C18H16F2N2. The van der Waals surface area contributed by atoms with Gasteiger partial charge in [0.05, 0.1) is 23.7 Å². The van der Waals surface area contributed by atoms with Crippen LogP contribution in [-0.2, 0) is 0 Å².